The van der Waals surface area contributed by atoms with Crippen LogP contribution in [0.4, 0.5) is 4.39 Å². The molecular formula is C29H26ClFN2O4. The van der Waals surface area contributed by atoms with Crippen LogP contribution in [0.2, 0.25) is 5.02 Å². The number of halogens is 2. The van der Waals surface area contributed by atoms with Crippen LogP contribution in [-0.2, 0) is 5.60 Å². The molecule has 4 rings (SSSR count). The third kappa shape index (κ3) is 5.79. The molecule has 0 radical (unpaired) electrons. The van der Waals surface area contributed by atoms with E-state index in [0.717, 1.165) is 11.1 Å². The van der Waals surface area contributed by atoms with Gasteiger partial charge in [-0.1, -0.05) is 17.7 Å². The van der Waals surface area contributed by atoms with Crippen LogP contribution in [0.5, 0.6) is 11.5 Å². The molecule has 2 heterocycles. The van der Waals surface area contributed by atoms with E-state index in [0.29, 0.717) is 34.0 Å². The largest absolute Gasteiger partial charge is 0.496 e. The fourth-order valence-corrected chi connectivity index (χ4v) is 4.21. The average Bonchev–Trinajstić information content (AvgIpc) is 2.93. The van der Waals surface area contributed by atoms with E-state index in [1.807, 2.05) is 18.2 Å². The summed E-state index contributed by atoms with van der Waals surface area (Å²) in [5, 5.41) is 11.2. The molecule has 0 spiro atoms. The Hall–Kier alpha value is -3.81. The molecule has 2 aromatic carbocycles. The molecule has 0 saturated carbocycles. The number of aromatic nitrogens is 2. The summed E-state index contributed by atoms with van der Waals surface area (Å²) in [5.41, 5.74) is 2.14. The van der Waals surface area contributed by atoms with E-state index in [9.17, 15) is 14.3 Å². The highest BCUT2D eigenvalue weighted by Crippen LogP contribution is 2.35. The predicted octanol–water partition coefficient (Wildman–Crippen LogP) is 6.49. The summed E-state index contributed by atoms with van der Waals surface area (Å²) in [5.74, 6) is 0.332. The van der Waals surface area contributed by atoms with E-state index in [-0.39, 0.29) is 23.6 Å². The first-order valence-electron chi connectivity index (χ1n) is 11.6. The van der Waals surface area contributed by atoms with Crippen molar-refractivity contribution in [2.45, 2.75) is 25.4 Å². The Bertz CT molecular complexity index is 1430. The molecule has 0 saturated heterocycles. The second kappa shape index (κ2) is 11.1. The fraction of sp³-hybridized carbons (Fsp3) is 0.207. The minimum atomic E-state index is -1.42. The van der Waals surface area contributed by atoms with E-state index >= 15 is 0 Å². The van der Waals surface area contributed by atoms with Gasteiger partial charge in [0, 0.05) is 35.5 Å². The number of ketones is 1. The molecule has 0 aliphatic heterocycles. The Balaban J connectivity index is 1.54. The van der Waals surface area contributed by atoms with Gasteiger partial charge in [-0.2, -0.15) is 0 Å². The van der Waals surface area contributed by atoms with Crippen molar-refractivity contribution in [1.82, 2.24) is 9.97 Å². The number of Topliss-reactive ketones (excluding diaryl/α,β-unsaturated/α-hetero) is 1. The molecule has 6 nitrogen and oxygen atoms in total. The minimum absolute atomic E-state index is 0.0468. The van der Waals surface area contributed by atoms with Gasteiger partial charge in [0.25, 0.3) is 0 Å². The Kier molecular flexibility index (Phi) is 7.86. The van der Waals surface area contributed by atoms with Gasteiger partial charge in [0.05, 0.1) is 24.9 Å². The number of carbonyl (C=O) groups excluding carboxylic acids is 1. The van der Waals surface area contributed by atoms with E-state index in [1.54, 1.807) is 50.7 Å². The average molecular weight is 521 g/mol. The first kappa shape index (κ1) is 26.3. The van der Waals surface area contributed by atoms with Crippen molar-refractivity contribution in [3.63, 3.8) is 0 Å². The van der Waals surface area contributed by atoms with Crippen molar-refractivity contribution >= 4 is 17.4 Å². The maximum Gasteiger partial charge on any atom is 0.163 e. The van der Waals surface area contributed by atoms with E-state index in [2.05, 4.69) is 9.97 Å². The lowest BCUT2D eigenvalue weighted by Crippen LogP contribution is -2.24. The van der Waals surface area contributed by atoms with Crippen molar-refractivity contribution in [1.29, 1.82) is 0 Å². The SMILES string of the molecule is COc1cc(C(=O)CCC(C)(O)c2ccc(OC)c(-c3ccc(F)c(Cl)c3)n2)ccc1-c1ccncc1. The molecule has 8 heteroatoms. The zero-order valence-electron chi connectivity index (χ0n) is 20.7. The number of hydrogen-bond acceptors (Lipinski definition) is 6. The van der Waals surface area contributed by atoms with Gasteiger partial charge in [-0.25, -0.2) is 9.37 Å². The third-order valence-electron chi connectivity index (χ3n) is 6.18. The van der Waals surface area contributed by atoms with Crippen molar-refractivity contribution in [2.24, 2.45) is 0 Å². The second-order valence-corrected chi connectivity index (χ2v) is 9.13. The molecule has 0 amide bonds. The lowest BCUT2D eigenvalue weighted by molar-refractivity contribution is 0.0397. The predicted molar refractivity (Wildman–Crippen MR) is 141 cm³/mol. The summed E-state index contributed by atoms with van der Waals surface area (Å²) < 4.78 is 24.6. The van der Waals surface area contributed by atoms with Gasteiger partial charge in [-0.05, 0) is 73.5 Å². The number of benzene rings is 2. The number of aliphatic hydroxyl groups is 1. The van der Waals surface area contributed by atoms with Crippen LogP contribution in [0.1, 0.15) is 35.8 Å². The Morgan fingerprint density at radius 2 is 1.70 bits per heavy atom. The summed E-state index contributed by atoms with van der Waals surface area (Å²) >= 11 is 5.96. The summed E-state index contributed by atoms with van der Waals surface area (Å²) in [6.07, 6.45) is 3.60. The maximum atomic E-state index is 13.7. The normalized spacial score (nSPS) is 12.6. The number of ether oxygens (including phenoxy) is 2. The van der Waals surface area contributed by atoms with E-state index in [1.165, 1.54) is 25.3 Å². The molecule has 1 N–H and O–H groups in total. The Morgan fingerprint density at radius 1 is 0.973 bits per heavy atom. The molecule has 1 unspecified atom stereocenters. The third-order valence-corrected chi connectivity index (χ3v) is 6.47. The molecule has 0 aliphatic rings. The fourth-order valence-electron chi connectivity index (χ4n) is 4.03. The van der Waals surface area contributed by atoms with Gasteiger partial charge in [-0.3, -0.25) is 9.78 Å². The smallest absolute Gasteiger partial charge is 0.163 e. The number of nitrogens with zero attached hydrogens (tertiary/aromatic N) is 2. The number of methoxy groups -OCH3 is 2. The van der Waals surface area contributed by atoms with Crippen LogP contribution in [0.25, 0.3) is 22.4 Å². The molecule has 37 heavy (non-hydrogen) atoms. The lowest BCUT2D eigenvalue weighted by Gasteiger charge is -2.24. The highest BCUT2D eigenvalue weighted by Gasteiger charge is 2.28. The lowest BCUT2D eigenvalue weighted by atomic mass is 9.91. The quantitative estimate of drug-likeness (QED) is 0.254. The first-order valence-corrected chi connectivity index (χ1v) is 12.0. The summed E-state index contributed by atoms with van der Waals surface area (Å²) in [6.45, 7) is 1.60. The monoisotopic (exact) mass is 520 g/mol. The van der Waals surface area contributed by atoms with Crippen molar-refractivity contribution in [2.75, 3.05) is 14.2 Å². The van der Waals surface area contributed by atoms with Crippen molar-refractivity contribution in [3.05, 3.63) is 95.2 Å². The molecule has 0 bridgehead atoms. The van der Waals surface area contributed by atoms with Gasteiger partial charge in [-0.15, -0.1) is 0 Å². The van der Waals surface area contributed by atoms with Crippen molar-refractivity contribution < 1.29 is 23.8 Å². The van der Waals surface area contributed by atoms with Gasteiger partial charge >= 0.3 is 0 Å². The van der Waals surface area contributed by atoms with Gasteiger partial charge in [0.15, 0.2) is 5.78 Å². The molecule has 190 valence electrons. The van der Waals surface area contributed by atoms with E-state index < -0.39 is 11.4 Å². The van der Waals surface area contributed by atoms with Crippen LogP contribution >= 0.6 is 11.6 Å². The van der Waals surface area contributed by atoms with Gasteiger partial charge < -0.3 is 14.6 Å². The van der Waals surface area contributed by atoms with Crippen LogP contribution in [-0.4, -0.2) is 35.1 Å². The molecule has 1 atom stereocenters. The molecule has 2 aromatic heterocycles. The van der Waals surface area contributed by atoms with Crippen LogP contribution in [0.15, 0.2) is 73.1 Å². The van der Waals surface area contributed by atoms with Crippen LogP contribution in [0.3, 0.4) is 0 Å². The van der Waals surface area contributed by atoms with E-state index in [4.69, 9.17) is 21.1 Å². The minimum Gasteiger partial charge on any atom is -0.496 e. The topological polar surface area (TPSA) is 81.5 Å². The number of carbonyl (C=O) groups is 1. The van der Waals surface area contributed by atoms with Gasteiger partial charge in [0.1, 0.15) is 28.6 Å². The number of rotatable bonds is 9. The summed E-state index contributed by atoms with van der Waals surface area (Å²) in [7, 11) is 3.05. The molecular weight excluding hydrogens is 495 g/mol. The first-order chi connectivity index (χ1) is 17.7. The number of hydrogen-bond donors (Lipinski definition) is 1. The molecule has 0 fully saturated rings. The second-order valence-electron chi connectivity index (χ2n) is 8.72. The zero-order valence-corrected chi connectivity index (χ0v) is 21.4. The zero-order chi connectivity index (χ0) is 26.6. The Morgan fingerprint density at radius 3 is 2.38 bits per heavy atom. The molecule has 4 aromatic rings. The standard InChI is InChI=1S/C29H26ClFN2O4/c1-29(35,27-9-8-25(36-2)28(33-27)20-5-7-23(31)22(30)16-20)13-10-24(34)19-4-6-21(26(17-19)37-3)18-11-14-32-15-12-18/h4-9,11-12,14-17,35H,10,13H2,1-3H3. The van der Waals surface area contributed by atoms with Crippen LogP contribution < -0.4 is 9.47 Å². The van der Waals surface area contributed by atoms with Crippen LogP contribution in [0, 0.1) is 5.82 Å². The highest BCUT2D eigenvalue weighted by atomic mass is 35.5. The summed E-state index contributed by atoms with van der Waals surface area (Å²) in [4.78, 5) is 21.6. The highest BCUT2D eigenvalue weighted by molar-refractivity contribution is 6.31. The van der Waals surface area contributed by atoms with Gasteiger partial charge in [0.2, 0.25) is 0 Å². The summed E-state index contributed by atoms with van der Waals surface area (Å²) in [6, 6.07) is 16.6. The molecule has 0 aliphatic carbocycles. The van der Waals surface area contributed by atoms with Crippen molar-refractivity contribution in [3.8, 4) is 33.9 Å². The Labute approximate surface area is 219 Å². The maximum absolute atomic E-state index is 13.7. The number of pyridine rings is 2.